The van der Waals surface area contributed by atoms with Gasteiger partial charge in [-0.1, -0.05) is 90.0 Å². The summed E-state index contributed by atoms with van der Waals surface area (Å²) in [4.78, 5) is 14.0. The number of aliphatic hydroxyl groups is 1. The first-order valence-corrected chi connectivity index (χ1v) is 12.8. The lowest BCUT2D eigenvalue weighted by atomic mass is 9.81. The monoisotopic (exact) mass is 470 g/mol. The van der Waals surface area contributed by atoms with Crippen molar-refractivity contribution in [1.29, 1.82) is 0 Å². The molecule has 3 aliphatic rings. The average molecular weight is 471 g/mol. The molecule has 2 unspecified atom stereocenters. The summed E-state index contributed by atoms with van der Waals surface area (Å²) >= 11 is 0. The molecule has 0 radical (unpaired) electrons. The Morgan fingerprint density at radius 1 is 0.886 bits per heavy atom. The molecule has 0 aromatic heterocycles. The second-order valence-electron chi connectivity index (χ2n) is 10.6. The number of quaternary nitrogens is 1. The fourth-order valence-electron chi connectivity index (χ4n) is 6.14. The molecule has 2 atom stereocenters. The van der Waals surface area contributed by atoms with Crippen LogP contribution in [-0.2, 0) is 15.1 Å². The normalized spacial score (nSPS) is 24.7. The minimum absolute atomic E-state index is 0.210. The zero-order chi connectivity index (χ0) is 24.6. The van der Waals surface area contributed by atoms with Crippen LogP contribution < -0.4 is 0 Å². The van der Waals surface area contributed by atoms with Gasteiger partial charge in [0.25, 0.3) is 0 Å². The summed E-state index contributed by atoms with van der Waals surface area (Å²) in [6.07, 6.45) is 2.89. The predicted molar refractivity (Wildman–Crippen MR) is 137 cm³/mol. The first-order valence-electron chi connectivity index (χ1n) is 12.8. The zero-order valence-electron chi connectivity index (χ0n) is 21.0. The summed E-state index contributed by atoms with van der Waals surface area (Å²) in [6, 6.07) is 25.8. The van der Waals surface area contributed by atoms with Gasteiger partial charge in [-0.05, 0) is 37.8 Å². The van der Waals surface area contributed by atoms with Gasteiger partial charge in [0.15, 0.2) is 0 Å². The van der Waals surface area contributed by atoms with E-state index in [1.807, 2.05) is 68.4 Å². The van der Waals surface area contributed by atoms with Gasteiger partial charge in [0.2, 0.25) is 11.8 Å². The largest absolute Gasteiger partial charge is 0.410 e. The van der Waals surface area contributed by atoms with Crippen molar-refractivity contribution in [2.24, 2.45) is 5.92 Å². The van der Waals surface area contributed by atoms with E-state index in [1.165, 1.54) is 5.56 Å². The first kappa shape index (κ1) is 23.8. The van der Waals surface area contributed by atoms with Gasteiger partial charge in [-0.3, -0.25) is 4.48 Å². The van der Waals surface area contributed by atoms with Crippen molar-refractivity contribution >= 4 is 5.97 Å². The molecule has 3 aromatic carbocycles. The van der Waals surface area contributed by atoms with Crippen molar-refractivity contribution in [3.05, 3.63) is 107 Å². The van der Waals surface area contributed by atoms with Crippen LogP contribution in [0.3, 0.4) is 0 Å². The Balaban J connectivity index is 1.51. The summed E-state index contributed by atoms with van der Waals surface area (Å²) in [5, 5.41) is 12.1. The van der Waals surface area contributed by atoms with E-state index < -0.39 is 11.6 Å². The van der Waals surface area contributed by atoms with E-state index in [1.54, 1.807) is 0 Å². The average Bonchev–Trinajstić information content (AvgIpc) is 2.90. The van der Waals surface area contributed by atoms with Crippen molar-refractivity contribution in [2.75, 3.05) is 13.1 Å². The van der Waals surface area contributed by atoms with E-state index in [9.17, 15) is 9.90 Å². The quantitative estimate of drug-likeness (QED) is 0.366. The molecule has 0 saturated carbocycles. The first-order chi connectivity index (χ1) is 16.8. The van der Waals surface area contributed by atoms with Gasteiger partial charge < -0.3 is 9.84 Å². The highest BCUT2D eigenvalue weighted by Gasteiger charge is 2.54. The number of carbonyl (C=O) groups is 1. The zero-order valence-corrected chi connectivity index (χ0v) is 21.0. The summed E-state index contributed by atoms with van der Waals surface area (Å²) in [7, 11) is 0. The number of fused-ring (bicyclic) bond motifs is 3. The molecule has 3 heterocycles. The Morgan fingerprint density at radius 2 is 1.40 bits per heavy atom. The summed E-state index contributed by atoms with van der Waals surface area (Å²) in [6.45, 7) is 8.24. The number of benzene rings is 3. The van der Waals surface area contributed by atoms with Crippen LogP contribution in [0.25, 0.3) is 0 Å². The summed E-state index contributed by atoms with van der Waals surface area (Å²) in [5.74, 6) is -0.0110. The van der Waals surface area contributed by atoms with E-state index in [0.29, 0.717) is 17.0 Å². The smallest absolute Gasteiger partial charge is 0.352 e. The SMILES string of the molecule is Cc1ccc(C(O)(C(=O)OC2CC3CC[N+]2(C(C)c2ccccc2)CC3)c2ccc(C)cc2)cc1. The molecule has 35 heavy (non-hydrogen) atoms. The third-order valence-electron chi connectivity index (χ3n) is 8.55. The van der Waals surface area contributed by atoms with Crippen molar-refractivity contribution in [2.45, 2.75) is 57.9 Å². The number of hydrogen-bond acceptors (Lipinski definition) is 3. The molecule has 1 N–H and O–H groups in total. The van der Waals surface area contributed by atoms with Gasteiger partial charge in [-0.15, -0.1) is 0 Å². The lowest BCUT2D eigenvalue weighted by molar-refractivity contribution is -1.01. The molecule has 4 nitrogen and oxygen atoms in total. The summed E-state index contributed by atoms with van der Waals surface area (Å²) in [5.41, 5.74) is 2.63. The molecular formula is C31H36NO3+. The number of nitrogens with zero attached hydrogens (tertiary/aromatic N) is 1. The number of ether oxygens (including phenoxy) is 1. The van der Waals surface area contributed by atoms with E-state index >= 15 is 0 Å². The van der Waals surface area contributed by atoms with Gasteiger partial charge in [-0.25, -0.2) is 4.79 Å². The van der Waals surface area contributed by atoms with Crippen LogP contribution in [0.4, 0.5) is 0 Å². The Labute approximate surface area is 208 Å². The van der Waals surface area contributed by atoms with Crippen LogP contribution in [0.1, 0.15) is 60.0 Å². The van der Waals surface area contributed by atoms with Gasteiger partial charge in [0.05, 0.1) is 13.1 Å². The van der Waals surface area contributed by atoms with Crippen LogP contribution in [-0.4, -0.2) is 34.9 Å². The van der Waals surface area contributed by atoms with E-state index in [-0.39, 0.29) is 12.3 Å². The molecule has 3 fully saturated rings. The van der Waals surface area contributed by atoms with Crippen LogP contribution in [0.2, 0.25) is 0 Å². The van der Waals surface area contributed by atoms with Crippen LogP contribution in [0.15, 0.2) is 78.9 Å². The third kappa shape index (κ3) is 4.19. The number of rotatable bonds is 6. The van der Waals surface area contributed by atoms with Crippen molar-refractivity contribution in [3.8, 4) is 0 Å². The highest BCUT2D eigenvalue weighted by atomic mass is 16.6. The lowest BCUT2D eigenvalue weighted by Crippen LogP contribution is -2.66. The van der Waals surface area contributed by atoms with Crippen molar-refractivity contribution < 1.29 is 19.1 Å². The maximum absolute atomic E-state index is 14.0. The van der Waals surface area contributed by atoms with Crippen molar-refractivity contribution in [1.82, 2.24) is 0 Å². The molecule has 182 valence electrons. The Hall–Kier alpha value is -2.95. The standard InChI is InChI=1S/C31H36NO3/c1-22-9-13-27(14-10-22)31(34,28-15-11-23(2)12-16-28)30(33)35-29-21-25-17-19-32(29,20-18-25)24(3)26-7-5-4-6-8-26/h4-16,24-25,29,34H,17-21H2,1-3H3/q+1. The topological polar surface area (TPSA) is 46.5 Å². The maximum Gasteiger partial charge on any atom is 0.352 e. The van der Waals surface area contributed by atoms with Gasteiger partial charge >= 0.3 is 5.97 Å². The van der Waals surface area contributed by atoms with E-state index in [0.717, 1.165) is 48.0 Å². The molecular weight excluding hydrogens is 434 g/mol. The third-order valence-corrected chi connectivity index (χ3v) is 8.55. The predicted octanol–water partition coefficient (Wildman–Crippen LogP) is 5.80. The highest BCUT2D eigenvalue weighted by molar-refractivity contribution is 5.85. The van der Waals surface area contributed by atoms with Crippen LogP contribution in [0.5, 0.6) is 0 Å². The Kier molecular flexibility index (Phi) is 6.29. The van der Waals surface area contributed by atoms with Crippen LogP contribution in [0, 0.1) is 19.8 Å². The molecule has 0 amide bonds. The van der Waals surface area contributed by atoms with E-state index in [4.69, 9.17) is 4.74 Å². The second kappa shape index (κ2) is 9.25. The minimum atomic E-state index is -1.86. The fourth-order valence-corrected chi connectivity index (χ4v) is 6.14. The number of aryl methyl sites for hydroxylation is 2. The molecule has 2 bridgehead atoms. The van der Waals surface area contributed by atoms with Gasteiger partial charge in [0.1, 0.15) is 6.04 Å². The highest BCUT2D eigenvalue weighted by Crippen LogP contribution is 2.46. The second-order valence-corrected chi connectivity index (χ2v) is 10.6. The molecule has 3 aliphatic heterocycles. The van der Waals surface area contributed by atoms with Gasteiger partial charge in [-0.2, -0.15) is 0 Å². The summed E-state index contributed by atoms with van der Waals surface area (Å²) < 4.78 is 7.13. The molecule has 3 aromatic rings. The fraction of sp³-hybridized carbons (Fsp3) is 0.387. The molecule has 0 spiro atoms. The maximum atomic E-state index is 14.0. The molecule has 4 heteroatoms. The van der Waals surface area contributed by atoms with Crippen molar-refractivity contribution in [3.63, 3.8) is 0 Å². The number of esters is 1. The minimum Gasteiger partial charge on any atom is -0.410 e. The van der Waals surface area contributed by atoms with E-state index in [2.05, 4.69) is 31.2 Å². The van der Waals surface area contributed by atoms with Crippen LogP contribution >= 0.6 is 0 Å². The lowest BCUT2D eigenvalue weighted by Gasteiger charge is -2.56. The number of hydrogen-bond donors (Lipinski definition) is 1. The Morgan fingerprint density at radius 3 is 1.91 bits per heavy atom. The van der Waals surface area contributed by atoms with Gasteiger partial charge in [0, 0.05) is 24.8 Å². The number of carbonyl (C=O) groups excluding carboxylic acids is 1. The molecule has 3 saturated heterocycles. The Bertz CT molecular complexity index is 1120. The molecule has 6 rings (SSSR count). The molecule has 0 aliphatic carbocycles. The number of piperidine rings is 3.